The summed E-state index contributed by atoms with van der Waals surface area (Å²) >= 11 is 5.92. The standard InChI is InChI=1S/C15H19F2N3S2/c16-14(17)22-12-3-1-11(2-4-12)18-15(21)19-13-9-20-7-5-10(13)6-8-20/h1-4,10,13-14H,5-9H2,(H2,18,19,21). The van der Waals surface area contributed by atoms with Crippen LogP contribution in [0.15, 0.2) is 29.2 Å². The van der Waals surface area contributed by atoms with E-state index in [1.807, 2.05) is 0 Å². The molecular weight excluding hydrogens is 324 g/mol. The molecule has 0 radical (unpaired) electrons. The first-order valence-corrected chi connectivity index (χ1v) is 8.74. The summed E-state index contributed by atoms with van der Waals surface area (Å²) in [6.45, 7) is 3.45. The van der Waals surface area contributed by atoms with E-state index in [1.165, 1.54) is 25.9 Å². The van der Waals surface area contributed by atoms with Gasteiger partial charge in [-0.1, -0.05) is 11.8 Å². The van der Waals surface area contributed by atoms with E-state index in [0.717, 1.165) is 12.2 Å². The van der Waals surface area contributed by atoms with Crippen molar-refractivity contribution in [3.05, 3.63) is 24.3 Å². The molecule has 3 aliphatic heterocycles. The number of benzene rings is 1. The first-order valence-electron chi connectivity index (χ1n) is 7.45. The molecule has 3 fully saturated rings. The summed E-state index contributed by atoms with van der Waals surface area (Å²) in [5.74, 6) is -1.69. The van der Waals surface area contributed by atoms with Crippen LogP contribution >= 0.6 is 24.0 Å². The molecular formula is C15H19F2N3S2. The number of fused-ring (bicyclic) bond motifs is 3. The van der Waals surface area contributed by atoms with Crippen LogP contribution in [0.2, 0.25) is 0 Å². The maximum absolute atomic E-state index is 12.3. The fraction of sp³-hybridized carbons (Fsp3) is 0.533. The third kappa shape index (κ3) is 4.08. The van der Waals surface area contributed by atoms with Crippen LogP contribution in [-0.2, 0) is 0 Å². The summed E-state index contributed by atoms with van der Waals surface area (Å²) in [5.41, 5.74) is 0.817. The van der Waals surface area contributed by atoms with Crippen LogP contribution < -0.4 is 10.6 Å². The molecule has 3 saturated heterocycles. The minimum absolute atomic E-state index is 0.413. The average molecular weight is 343 g/mol. The summed E-state index contributed by atoms with van der Waals surface area (Å²) in [5, 5.41) is 7.14. The van der Waals surface area contributed by atoms with Crippen molar-refractivity contribution in [3.8, 4) is 0 Å². The van der Waals surface area contributed by atoms with Gasteiger partial charge in [0.1, 0.15) is 0 Å². The molecule has 3 heterocycles. The van der Waals surface area contributed by atoms with Gasteiger partial charge in [0.15, 0.2) is 5.11 Å². The number of nitrogens with zero attached hydrogens (tertiary/aromatic N) is 1. The van der Waals surface area contributed by atoms with Crippen molar-refractivity contribution in [2.24, 2.45) is 5.92 Å². The zero-order chi connectivity index (χ0) is 15.5. The number of rotatable bonds is 4. The Bertz CT molecular complexity index is 516. The summed E-state index contributed by atoms with van der Waals surface area (Å²) in [7, 11) is 0. The van der Waals surface area contributed by atoms with Gasteiger partial charge in [0.05, 0.1) is 0 Å². The Kier molecular flexibility index (Phi) is 5.15. The van der Waals surface area contributed by atoms with Crippen LogP contribution in [0.3, 0.4) is 0 Å². The Morgan fingerprint density at radius 1 is 1.23 bits per heavy atom. The highest BCUT2D eigenvalue weighted by molar-refractivity contribution is 7.99. The monoisotopic (exact) mass is 343 g/mol. The highest BCUT2D eigenvalue weighted by atomic mass is 32.2. The lowest BCUT2D eigenvalue weighted by atomic mass is 9.84. The summed E-state index contributed by atoms with van der Waals surface area (Å²) in [6.07, 6.45) is 2.47. The average Bonchev–Trinajstić information content (AvgIpc) is 2.50. The number of nitrogens with one attached hydrogen (secondary N) is 2. The highest BCUT2D eigenvalue weighted by Crippen LogP contribution is 2.28. The molecule has 2 bridgehead atoms. The largest absolute Gasteiger partial charge is 0.358 e. The Labute approximate surface area is 138 Å². The van der Waals surface area contributed by atoms with E-state index >= 15 is 0 Å². The van der Waals surface area contributed by atoms with Gasteiger partial charge in [-0.15, -0.1) is 0 Å². The van der Waals surface area contributed by atoms with Crippen LogP contribution in [-0.4, -0.2) is 41.4 Å². The van der Waals surface area contributed by atoms with Gasteiger partial charge in [0.2, 0.25) is 0 Å². The van der Waals surface area contributed by atoms with Crippen molar-refractivity contribution in [2.45, 2.75) is 29.5 Å². The third-order valence-electron chi connectivity index (χ3n) is 4.31. The number of halogens is 2. The van der Waals surface area contributed by atoms with E-state index in [4.69, 9.17) is 12.2 Å². The van der Waals surface area contributed by atoms with Crippen LogP contribution in [0.25, 0.3) is 0 Å². The normalized spacial score (nSPS) is 27.0. The van der Waals surface area contributed by atoms with Crippen molar-refractivity contribution in [2.75, 3.05) is 25.0 Å². The Hall–Kier alpha value is -0.920. The molecule has 1 aromatic carbocycles. The van der Waals surface area contributed by atoms with E-state index < -0.39 is 5.76 Å². The molecule has 2 N–H and O–H groups in total. The first kappa shape index (κ1) is 16.0. The molecule has 120 valence electrons. The molecule has 3 aliphatic rings. The fourth-order valence-electron chi connectivity index (χ4n) is 3.18. The number of alkyl halides is 2. The van der Waals surface area contributed by atoms with Crippen molar-refractivity contribution >= 4 is 34.8 Å². The Morgan fingerprint density at radius 2 is 1.91 bits per heavy atom. The second-order valence-corrected chi connectivity index (χ2v) is 7.22. The topological polar surface area (TPSA) is 27.3 Å². The third-order valence-corrected chi connectivity index (χ3v) is 5.25. The van der Waals surface area contributed by atoms with Crippen LogP contribution in [0.4, 0.5) is 14.5 Å². The molecule has 4 rings (SSSR count). The number of hydrogen-bond acceptors (Lipinski definition) is 3. The predicted octanol–water partition coefficient (Wildman–Crippen LogP) is 3.38. The van der Waals surface area contributed by atoms with E-state index in [9.17, 15) is 8.78 Å². The van der Waals surface area contributed by atoms with Gasteiger partial charge in [-0.2, -0.15) is 8.78 Å². The molecule has 0 spiro atoms. The van der Waals surface area contributed by atoms with Gasteiger partial charge >= 0.3 is 0 Å². The molecule has 1 unspecified atom stereocenters. The smallest absolute Gasteiger partial charge is 0.288 e. The maximum Gasteiger partial charge on any atom is 0.288 e. The van der Waals surface area contributed by atoms with Gasteiger partial charge in [-0.05, 0) is 68.3 Å². The van der Waals surface area contributed by atoms with E-state index in [0.29, 0.717) is 33.7 Å². The summed E-state index contributed by atoms with van der Waals surface area (Å²) in [4.78, 5) is 3.02. The number of piperidine rings is 3. The SMILES string of the molecule is FC(F)Sc1ccc(NC(=S)NC2CN3CCC2CC3)cc1. The van der Waals surface area contributed by atoms with Crippen molar-refractivity contribution in [1.82, 2.24) is 10.2 Å². The Balaban J connectivity index is 1.51. The van der Waals surface area contributed by atoms with Crippen LogP contribution in [0.1, 0.15) is 12.8 Å². The Morgan fingerprint density at radius 3 is 2.45 bits per heavy atom. The lowest BCUT2D eigenvalue weighted by Crippen LogP contribution is -2.57. The lowest BCUT2D eigenvalue weighted by Gasteiger charge is -2.45. The van der Waals surface area contributed by atoms with Gasteiger partial charge in [-0.25, -0.2) is 0 Å². The van der Waals surface area contributed by atoms with Crippen LogP contribution in [0.5, 0.6) is 0 Å². The van der Waals surface area contributed by atoms with Crippen molar-refractivity contribution in [3.63, 3.8) is 0 Å². The number of anilines is 1. The zero-order valence-electron chi connectivity index (χ0n) is 12.1. The van der Waals surface area contributed by atoms with E-state index in [-0.39, 0.29) is 0 Å². The highest BCUT2D eigenvalue weighted by Gasteiger charge is 2.34. The van der Waals surface area contributed by atoms with E-state index in [2.05, 4.69) is 15.5 Å². The van der Waals surface area contributed by atoms with Crippen LogP contribution in [0, 0.1) is 5.92 Å². The van der Waals surface area contributed by atoms with E-state index in [1.54, 1.807) is 24.3 Å². The molecule has 1 atom stereocenters. The van der Waals surface area contributed by atoms with Crippen molar-refractivity contribution < 1.29 is 8.78 Å². The minimum atomic E-state index is -2.39. The van der Waals surface area contributed by atoms with Gasteiger partial charge in [0, 0.05) is 23.2 Å². The molecule has 0 amide bonds. The first-order chi connectivity index (χ1) is 10.6. The molecule has 0 aromatic heterocycles. The fourth-order valence-corrected chi connectivity index (χ4v) is 3.95. The molecule has 3 nitrogen and oxygen atoms in total. The summed E-state index contributed by atoms with van der Waals surface area (Å²) in [6, 6.07) is 7.31. The number of thioether (sulfide) groups is 1. The number of thiocarbonyl (C=S) groups is 1. The lowest BCUT2D eigenvalue weighted by molar-refractivity contribution is 0.0815. The zero-order valence-corrected chi connectivity index (χ0v) is 13.7. The molecule has 0 saturated carbocycles. The molecule has 7 heteroatoms. The molecule has 22 heavy (non-hydrogen) atoms. The molecule has 0 aliphatic carbocycles. The number of hydrogen-bond donors (Lipinski definition) is 2. The van der Waals surface area contributed by atoms with Gasteiger partial charge in [0.25, 0.3) is 5.76 Å². The summed E-state index contributed by atoms with van der Waals surface area (Å²) < 4.78 is 24.6. The van der Waals surface area contributed by atoms with Gasteiger partial charge in [-0.3, -0.25) is 0 Å². The second-order valence-electron chi connectivity index (χ2n) is 5.75. The second kappa shape index (κ2) is 7.10. The van der Waals surface area contributed by atoms with Crippen molar-refractivity contribution in [1.29, 1.82) is 0 Å². The quantitative estimate of drug-likeness (QED) is 0.646. The maximum atomic E-state index is 12.3. The minimum Gasteiger partial charge on any atom is -0.358 e. The van der Waals surface area contributed by atoms with Gasteiger partial charge < -0.3 is 15.5 Å². The predicted molar refractivity (Wildman–Crippen MR) is 90.6 cm³/mol. The molecule has 1 aromatic rings.